The number of carbonyl (C=O) groups excluding carboxylic acids is 1. The molecular weight excluding hydrogens is 226 g/mol. The molecule has 0 radical (unpaired) electrons. The summed E-state index contributed by atoms with van der Waals surface area (Å²) in [6.45, 7) is 5.21. The van der Waals surface area contributed by atoms with Gasteiger partial charge in [0.25, 0.3) is 0 Å². The maximum absolute atomic E-state index is 11.4. The molecule has 1 amide bonds. The monoisotopic (exact) mass is 241 g/mol. The van der Waals surface area contributed by atoms with Crippen molar-refractivity contribution < 1.29 is 23.8 Å². The molecular formula is C11H15NO5. The smallest absolute Gasteiger partial charge is 0.412 e. The van der Waals surface area contributed by atoms with Crippen LogP contribution in [0.2, 0.25) is 0 Å². The fraction of sp³-hybridized carbons (Fsp3) is 0.455. The zero-order valence-corrected chi connectivity index (χ0v) is 9.94. The number of hydrogen-bond donors (Lipinski definition) is 2. The highest BCUT2D eigenvalue weighted by molar-refractivity contribution is 5.86. The first-order chi connectivity index (χ1) is 7.78. The Morgan fingerprint density at radius 1 is 1.47 bits per heavy atom. The van der Waals surface area contributed by atoms with Crippen LogP contribution in [0.5, 0.6) is 0 Å². The quantitative estimate of drug-likeness (QED) is 0.847. The summed E-state index contributed by atoms with van der Waals surface area (Å²) in [5.74, 6) is -0.851. The van der Waals surface area contributed by atoms with E-state index in [0.29, 0.717) is 5.69 Å². The van der Waals surface area contributed by atoms with Gasteiger partial charge in [-0.15, -0.1) is 0 Å². The Balaban J connectivity index is 2.65. The number of carboxylic acid groups (broad SMARTS) is 1. The molecule has 17 heavy (non-hydrogen) atoms. The van der Waals surface area contributed by atoms with E-state index in [2.05, 4.69) is 5.32 Å². The van der Waals surface area contributed by atoms with Gasteiger partial charge in [-0.2, -0.15) is 0 Å². The number of ether oxygens (including phenoxy) is 1. The largest absolute Gasteiger partial charge is 0.481 e. The molecule has 1 aromatic heterocycles. The predicted octanol–water partition coefficient (Wildman–Crippen LogP) is 2.25. The molecule has 0 unspecified atom stereocenters. The van der Waals surface area contributed by atoms with E-state index in [4.69, 9.17) is 14.3 Å². The second-order valence-electron chi connectivity index (χ2n) is 4.45. The van der Waals surface area contributed by atoms with Crippen LogP contribution in [0.4, 0.5) is 10.5 Å². The number of anilines is 1. The molecule has 6 nitrogen and oxygen atoms in total. The first-order valence-electron chi connectivity index (χ1n) is 5.06. The van der Waals surface area contributed by atoms with Gasteiger partial charge >= 0.3 is 12.1 Å². The molecule has 0 aromatic carbocycles. The van der Waals surface area contributed by atoms with Crippen LogP contribution in [-0.2, 0) is 16.0 Å². The maximum Gasteiger partial charge on any atom is 0.412 e. The lowest BCUT2D eigenvalue weighted by Gasteiger charge is -2.19. The Labute approximate surface area is 98.6 Å². The predicted molar refractivity (Wildman–Crippen MR) is 59.9 cm³/mol. The van der Waals surface area contributed by atoms with Crippen LogP contribution >= 0.6 is 0 Å². The third kappa shape index (κ3) is 4.58. The van der Waals surface area contributed by atoms with E-state index in [1.165, 1.54) is 12.3 Å². The van der Waals surface area contributed by atoms with Crippen molar-refractivity contribution in [1.29, 1.82) is 0 Å². The molecule has 1 aromatic rings. The first-order valence-corrected chi connectivity index (χ1v) is 5.06. The number of carboxylic acids is 1. The van der Waals surface area contributed by atoms with Crippen molar-refractivity contribution in [3.63, 3.8) is 0 Å². The Bertz CT molecular complexity index is 416. The average molecular weight is 241 g/mol. The molecule has 0 bridgehead atoms. The van der Waals surface area contributed by atoms with Gasteiger partial charge in [0.05, 0.1) is 12.0 Å². The van der Waals surface area contributed by atoms with Gasteiger partial charge in [0.1, 0.15) is 17.8 Å². The number of nitrogens with one attached hydrogen (secondary N) is 1. The number of hydrogen-bond acceptors (Lipinski definition) is 4. The standard InChI is InChI=1S/C11H15NO5/c1-11(2,3)17-10(15)12-7-4-5-16-8(7)6-9(13)14/h4-5H,6H2,1-3H3,(H,12,15)(H,13,14). The minimum absolute atomic E-state index is 0.184. The topological polar surface area (TPSA) is 88.8 Å². The molecule has 1 heterocycles. The van der Waals surface area contributed by atoms with Gasteiger partial charge in [0.2, 0.25) is 0 Å². The third-order valence-electron chi connectivity index (χ3n) is 1.69. The number of aliphatic carboxylic acids is 1. The highest BCUT2D eigenvalue weighted by Gasteiger charge is 2.18. The van der Waals surface area contributed by atoms with E-state index >= 15 is 0 Å². The van der Waals surface area contributed by atoms with E-state index in [1.807, 2.05) is 0 Å². The summed E-state index contributed by atoms with van der Waals surface area (Å²) in [5.41, 5.74) is -0.303. The minimum atomic E-state index is -1.04. The zero-order chi connectivity index (χ0) is 13.1. The fourth-order valence-electron chi connectivity index (χ4n) is 1.14. The lowest BCUT2D eigenvalue weighted by atomic mass is 10.2. The summed E-state index contributed by atoms with van der Waals surface area (Å²) in [4.78, 5) is 22.0. The molecule has 0 aliphatic rings. The molecule has 0 aliphatic heterocycles. The zero-order valence-electron chi connectivity index (χ0n) is 9.94. The Kier molecular flexibility index (Phi) is 3.77. The van der Waals surface area contributed by atoms with Crippen LogP contribution in [0.25, 0.3) is 0 Å². The van der Waals surface area contributed by atoms with E-state index in [1.54, 1.807) is 20.8 Å². The van der Waals surface area contributed by atoms with Crippen molar-refractivity contribution in [2.24, 2.45) is 0 Å². The highest BCUT2D eigenvalue weighted by Crippen LogP contribution is 2.18. The molecule has 0 fully saturated rings. The molecule has 0 aliphatic carbocycles. The number of amides is 1. The van der Waals surface area contributed by atoms with Crippen LogP contribution in [0.1, 0.15) is 26.5 Å². The van der Waals surface area contributed by atoms with Gasteiger partial charge < -0.3 is 14.3 Å². The number of furan rings is 1. The van der Waals surface area contributed by atoms with E-state index < -0.39 is 17.7 Å². The Morgan fingerprint density at radius 3 is 2.65 bits per heavy atom. The minimum Gasteiger partial charge on any atom is -0.481 e. The second-order valence-corrected chi connectivity index (χ2v) is 4.45. The lowest BCUT2D eigenvalue weighted by molar-refractivity contribution is -0.136. The van der Waals surface area contributed by atoms with Crippen molar-refractivity contribution in [1.82, 2.24) is 0 Å². The van der Waals surface area contributed by atoms with Gasteiger partial charge in [0.15, 0.2) is 0 Å². The van der Waals surface area contributed by atoms with Crippen molar-refractivity contribution in [3.8, 4) is 0 Å². The molecule has 6 heteroatoms. The van der Waals surface area contributed by atoms with Gasteiger partial charge in [-0.1, -0.05) is 0 Å². The summed E-state index contributed by atoms with van der Waals surface area (Å²) in [6.07, 6.45) is 0.369. The fourth-order valence-corrected chi connectivity index (χ4v) is 1.14. The maximum atomic E-state index is 11.4. The Morgan fingerprint density at radius 2 is 2.12 bits per heavy atom. The van der Waals surface area contributed by atoms with Crippen molar-refractivity contribution in [2.75, 3.05) is 5.32 Å². The molecule has 94 valence electrons. The Hall–Kier alpha value is -1.98. The molecule has 0 saturated heterocycles. The van der Waals surface area contributed by atoms with Crippen LogP contribution in [-0.4, -0.2) is 22.8 Å². The van der Waals surface area contributed by atoms with Gasteiger partial charge in [-0.25, -0.2) is 4.79 Å². The summed E-state index contributed by atoms with van der Waals surface area (Å²) >= 11 is 0. The summed E-state index contributed by atoms with van der Waals surface area (Å²) in [6, 6.07) is 1.47. The molecule has 2 N–H and O–H groups in total. The van der Waals surface area contributed by atoms with Crippen molar-refractivity contribution >= 4 is 17.7 Å². The average Bonchev–Trinajstić information content (AvgIpc) is 2.47. The molecule has 1 rings (SSSR count). The number of carbonyl (C=O) groups is 2. The summed E-state index contributed by atoms with van der Waals surface area (Å²) < 4.78 is 9.99. The van der Waals surface area contributed by atoms with Gasteiger partial charge in [-0.3, -0.25) is 10.1 Å². The normalized spacial score (nSPS) is 11.0. The van der Waals surface area contributed by atoms with Crippen LogP contribution in [0, 0.1) is 0 Å². The van der Waals surface area contributed by atoms with E-state index in [-0.39, 0.29) is 12.2 Å². The SMILES string of the molecule is CC(C)(C)OC(=O)Nc1ccoc1CC(=O)O. The van der Waals surface area contributed by atoms with Crippen molar-refractivity contribution in [2.45, 2.75) is 32.8 Å². The lowest BCUT2D eigenvalue weighted by Crippen LogP contribution is -2.27. The van der Waals surface area contributed by atoms with E-state index in [0.717, 1.165) is 0 Å². The second kappa shape index (κ2) is 4.90. The summed E-state index contributed by atoms with van der Waals surface area (Å²) in [7, 11) is 0. The third-order valence-corrected chi connectivity index (χ3v) is 1.69. The summed E-state index contributed by atoms with van der Waals surface area (Å²) in [5, 5.41) is 11.1. The molecule has 0 atom stereocenters. The number of rotatable bonds is 3. The first kappa shape index (κ1) is 13.1. The van der Waals surface area contributed by atoms with E-state index in [9.17, 15) is 9.59 Å². The van der Waals surface area contributed by atoms with Crippen LogP contribution in [0.3, 0.4) is 0 Å². The van der Waals surface area contributed by atoms with Gasteiger partial charge in [-0.05, 0) is 20.8 Å². The van der Waals surface area contributed by atoms with Crippen LogP contribution < -0.4 is 5.32 Å². The molecule has 0 saturated carbocycles. The van der Waals surface area contributed by atoms with Gasteiger partial charge in [0, 0.05) is 6.07 Å². The van der Waals surface area contributed by atoms with Crippen LogP contribution in [0.15, 0.2) is 16.7 Å². The highest BCUT2D eigenvalue weighted by atomic mass is 16.6. The van der Waals surface area contributed by atoms with Crippen molar-refractivity contribution in [3.05, 3.63) is 18.1 Å². The molecule has 0 spiro atoms.